The van der Waals surface area contributed by atoms with Crippen molar-refractivity contribution < 1.29 is 4.74 Å². The molecule has 0 saturated carbocycles. The van der Waals surface area contributed by atoms with E-state index in [-0.39, 0.29) is 6.10 Å². The molecule has 0 bridgehead atoms. The van der Waals surface area contributed by atoms with Crippen molar-refractivity contribution in [3.05, 3.63) is 0 Å². The van der Waals surface area contributed by atoms with Crippen LogP contribution in [-0.4, -0.2) is 72.4 Å². The molecule has 2 rings (SSSR count). The maximum absolute atomic E-state index is 5.46. The lowest BCUT2D eigenvalue weighted by Gasteiger charge is -2.34. The van der Waals surface area contributed by atoms with Crippen LogP contribution in [0.1, 0.15) is 6.92 Å². The van der Waals surface area contributed by atoms with E-state index in [1.54, 1.807) is 0 Å². The van der Waals surface area contributed by atoms with E-state index in [0.717, 1.165) is 39.4 Å². The predicted octanol–water partition coefficient (Wildman–Crippen LogP) is 0.197. The third kappa shape index (κ3) is 2.80. The third-order valence-electron chi connectivity index (χ3n) is 3.00. The molecule has 2 aliphatic heterocycles. The molecule has 15 heavy (non-hydrogen) atoms. The van der Waals surface area contributed by atoms with Gasteiger partial charge in [-0.1, -0.05) is 0 Å². The molecule has 0 radical (unpaired) electrons. The van der Waals surface area contributed by atoms with Crippen LogP contribution >= 0.6 is 12.2 Å². The molecule has 0 aliphatic carbocycles. The molecule has 2 heterocycles. The number of ether oxygens (including phenoxy) is 1. The van der Waals surface area contributed by atoms with Crippen LogP contribution in [-0.2, 0) is 4.74 Å². The van der Waals surface area contributed by atoms with Crippen molar-refractivity contribution in [3.63, 3.8) is 0 Å². The monoisotopic (exact) mass is 229 g/mol. The SMILES string of the molecule is CC1CN(CN2CCN(C)CC2)C(=S)O1. The smallest absolute Gasteiger partial charge is 0.260 e. The Morgan fingerprint density at radius 1 is 1.33 bits per heavy atom. The van der Waals surface area contributed by atoms with Crippen LogP contribution in [0.2, 0.25) is 0 Å². The van der Waals surface area contributed by atoms with E-state index in [9.17, 15) is 0 Å². The first-order valence-electron chi connectivity index (χ1n) is 5.51. The van der Waals surface area contributed by atoms with Crippen molar-refractivity contribution in [2.75, 3.05) is 46.4 Å². The third-order valence-corrected chi connectivity index (χ3v) is 3.36. The van der Waals surface area contributed by atoms with E-state index < -0.39 is 0 Å². The van der Waals surface area contributed by atoms with E-state index in [1.165, 1.54) is 0 Å². The van der Waals surface area contributed by atoms with Crippen LogP contribution < -0.4 is 0 Å². The molecular formula is C10H19N3OS. The van der Waals surface area contributed by atoms with Crippen molar-refractivity contribution in [2.24, 2.45) is 0 Å². The van der Waals surface area contributed by atoms with Crippen LogP contribution in [0.25, 0.3) is 0 Å². The van der Waals surface area contributed by atoms with E-state index >= 15 is 0 Å². The van der Waals surface area contributed by atoms with Crippen LogP contribution in [0, 0.1) is 0 Å². The summed E-state index contributed by atoms with van der Waals surface area (Å²) >= 11 is 5.18. The molecule has 1 unspecified atom stereocenters. The summed E-state index contributed by atoms with van der Waals surface area (Å²) in [6, 6.07) is 0. The molecule has 2 aliphatic rings. The van der Waals surface area contributed by atoms with Gasteiger partial charge in [-0.25, -0.2) is 0 Å². The summed E-state index contributed by atoms with van der Waals surface area (Å²) in [6.45, 7) is 8.49. The molecule has 4 nitrogen and oxygen atoms in total. The molecular weight excluding hydrogens is 210 g/mol. The summed E-state index contributed by atoms with van der Waals surface area (Å²) in [4.78, 5) is 6.96. The van der Waals surface area contributed by atoms with Gasteiger partial charge in [0.15, 0.2) is 0 Å². The molecule has 0 N–H and O–H groups in total. The van der Waals surface area contributed by atoms with Crippen LogP contribution in [0.3, 0.4) is 0 Å². The van der Waals surface area contributed by atoms with E-state index in [2.05, 4.69) is 28.7 Å². The second-order valence-electron chi connectivity index (χ2n) is 4.48. The Bertz CT molecular complexity index is 241. The number of hydrogen-bond donors (Lipinski definition) is 0. The van der Waals surface area contributed by atoms with Crippen molar-refractivity contribution in [1.29, 1.82) is 0 Å². The lowest BCUT2D eigenvalue weighted by molar-refractivity contribution is 0.117. The first kappa shape index (κ1) is 11.1. The number of piperazine rings is 1. The zero-order valence-corrected chi connectivity index (χ0v) is 10.3. The first-order chi connectivity index (χ1) is 7.15. The number of thiocarbonyl (C=S) groups is 1. The fraction of sp³-hybridized carbons (Fsp3) is 0.900. The Morgan fingerprint density at radius 2 is 2.00 bits per heavy atom. The van der Waals surface area contributed by atoms with Crippen LogP contribution in [0.15, 0.2) is 0 Å². The summed E-state index contributed by atoms with van der Waals surface area (Å²) in [5.41, 5.74) is 0. The standard InChI is InChI=1S/C10H19N3OS/c1-9-7-13(10(15)14-9)8-12-5-3-11(2)4-6-12/h9H,3-8H2,1-2H3. The summed E-state index contributed by atoms with van der Waals surface area (Å²) < 4.78 is 5.46. The minimum atomic E-state index is 0.255. The minimum Gasteiger partial charge on any atom is -0.466 e. The quantitative estimate of drug-likeness (QED) is 0.628. The molecule has 2 saturated heterocycles. The Morgan fingerprint density at radius 3 is 2.53 bits per heavy atom. The highest BCUT2D eigenvalue weighted by atomic mass is 32.1. The molecule has 0 aromatic rings. The molecule has 0 amide bonds. The van der Waals surface area contributed by atoms with Crippen LogP contribution in [0.5, 0.6) is 0 Å². The average molecular weight is 229 g/mol. The van der Waals surface area contributed by atoms with Gasteiger partial charge in [0.25, 0.3) is 5.17 Å². The molecule has 0 aromatic heterocycles. The largest absolute Gasteiger partial charge is 0.466 e. The lowest BCUT2D eigenvalue weighted by atomic mass is 10.3. The summed E-state index contributed by atoms with van der Waals surface area (Å²) in [5.74, 6) is 0. The Kier molecular flexibility index (Phi) is 3.43. The molecule has 1 atom stereocenters. The number of rotatable bonds is 2. The maximum atomic E-state index is 5.46. The van der Waals surface area contributed by atoms with E-state index in [0.29, 0.717) is 5.17 Å². The topological polar surface area (TPSA) is 19.0 Å². The molecule has 2 fully saturated rings. The average Bonchev–Trinajstić information content (AvgIpc) is 2.49. The molecule has 5 heteroatoms. The highest BCUT2D eigenvalue weighted by Gasteiger charge is 2.26. The fourth-order valence-corrected chi connectivity index (χ4v) is 2.31. The second kappa shape index (κ2) is 4.63. The van der Waals surface area contributed by atoms with Crippen molar-refractivity contribution in [2.45, 2.75) is 13.0 Å². The highest BCUT2D eigenvalue weighted by molar-refractivity contribution is 7.80. The fourth-order valence-electron chi connectivity index (χ4n) is 2.01. The van der Waals surface area contributed by atoms with Gasteiger partial charge in [-0.15, -0.1) is 0 Å². The molecule has 0 spiro atoms. The van der Waals surface area contributed by atoms with Gasteiger partial charge in [-0.2, -0.15) is 0 Å². The zero-order valence-electron chi connectivity index (χ0n) is 9.48. The minimum absolute atomic E-state index is 0.255. The number of nitrogens with zero attached hydrogens (tertiary/aromatic N) is 3. The van der Waals surface area contributed by atoms with Gasteiger partial charge in [0.1, 0.15) is 6.10 Å². The van der Waals surface area contributed by atoms with Crippen LogP contribution in [0.4, 0.5) is 0 Å². The van der Waals surface area contributed by atoms with Gasteiger partial charge in [0.2, 0.25) is 0 Å². The van der Waals surface area contributed by atoms with Gasteiger partial charge in [-0.3, -0.25) is 4.90 Å². The van der Waals surface area contributed by atoms with Crippen molar-refractivity contribution in [3.8, 4) is 0 Å². The predicted molar refractivity (Wildman–Crippen MR) is 63.8 cm³/mol. The van der Waals surface area contributed by atoms with Gasteiger partial charge < -0.3 is 14.5 Å². The number of hydrogen-bond acceptors (Lipinski definition) is 4. The summed E-state index contributed by atoms with van der Waals surface area (Å²) in [5, 5.41) is 0.668. The van der Waals surface area contributed by atoms with E-state index in [4.69, 9.17) is 17.0 Å². The van der Waals surface area contributed by atoms with Gasteiger partial charge in [0, 0.05) is 26.2 Å². The van der Waals surface area contributed by atoms with Gasteiger partial charge in [-0.05, 0) is 26.2 Å². The normalized spacial score (nSPS) is 29.6. The van der Waals surface area contributed by atoms with Gasteiger partial charge >= 0.3 is 0 Å². The Labute approximate surface area is 96.8 Å². The summed E-state index contributed by atoms with van der Waals surface area (Å²) in [6.07, 6.45) is 0.255. The van der Waals surface area contributed by atoms with Gasteiger partial charge in [0.05, 0.1) is 13.2 Å². The summed E-state index contributed by atoms with van der Waals surface area (Å²) in [7, 11) is 2.17. The molecule has 0 aromatic carbocycles. The Hall–Kier alpha value is -0.390. The van der Waals surface area contributed by atoms with Crippen molar-refractivity contribution >= 4 is 17.4 Å². The van der Waals surface area contributed by atoms with E-state index in [1.807, 2.05) is 0 Å². The lowest BCUT2D eigenvalue weighted by Crippen LogP contribution is -2.49. The Balaban J connectivity index is 1.79. The van der Waals surface area contributed by atoms with Crippen molar-refractivity contribution in [1.82, 2.24) is 14.7 Å². The highest BCUT2D eigenvalue weighted by Crippen LogP contribution is 2.12. The zero-order chi connectivity index (χ0) is 10.8. The second-order valence-corrected chi connectivity index (χ2v) is 4.83. The maximum Gasteiger partial charge on any atom is 0.260 e. The number of likely N-dealkylation sites (N-methyl/N-ethyl adjacent to an activating group) is 1. The first-order valence-corrected chi connectivity index (χ1v) is 5.92. The molecule has 86 valence electrons.